The molecule has 0 spiro atoms. The number of nitriles is 1. The summed E-state index contributed by atoms with van der Waals surface area (Å²) < 4.78 is 0. The van der Waals surface area contributed by atoms with Crippen molar-refractivity contribution in [1.29, 1.82) is 5.26 Å². The van der Waals surface area contributed by atoms with E-state index in [9.17, 15) is 5.26 Å². The number of hydrogen-bond acceptors (Lipinski definition) is 6. The fourth-order valence-electron chi connectivity index (χ4n) is 3.88. The van der Waals surface area contributed by atoms with Crippen LogP contribution in [0.5, 0.6) is 0 Å². The van der Waals surface area contributed by atoms with Gasteiger partial charge >= 0.3 is 0 Å². The molecule has 0 saturated carbocycles. The third kappa shape index (κ3) is 3.34. The Morgan fingerprint density at radius 2 is 1.70 bits per heavy atom. The number of hydrogen-bond donors (Lipinski definition) is 0. The molecule has 3 heterocycles. The van der Waals surface area contributed by atoms with Crippen molar-refractivity contribution in [2.24, 2.45) is 0 Å². The van der Waals surface area contributed by atoms with Gasteiger partial charge in [0.1, 0.15) is 23.5 Å². The zero-order valence-corrected chi connectivity index (χ0v) is 16.4. The van der Waals surface area contributed by atoms with Gasteiger partial charge in [0.25, 0.3) is 0 Å². The van der Waals surface area contributed by atoms with Crippen molar-refractivity contribution < 1.29 is 0 Å². The molecule has 1 fully saturated rings. The topological polar surface area (TPSA) is 68.9 Å². The molecule has 2 aliphatic rings. The quantitative estimate of drug-likeness (QED) is 0.818. The van der Waals surface area contributed by atoms with E-state index >= 15 is 0 Å². The number of pyridine rings is 1. The molecule has 1 aliphatic heterocycles. The summed E-state index contributed by atoms with van der Waals surface area (Å²) in [6.07, 6.45) is 5.07. The van der Waals surface area contributed by atoms with Crippen LogP contribution in [0.25, 0.3) is 0 Å². The molecule has 0 N–H and O–H groups in total. The first-order valence-corrected chi connectivity index (χ1v) is 9.72. The number of nitrogens with zero attached hydrogens (tertiary/aromatic N) is 6. The van der Waals surface area contributed by atoms with Crippen molar-refractivity contribution in [3.8, 4) is 6.07 Å². The number of rotatable bonds is 2. The normalized spacial score (nSPS) is 17.0. The molecule has 2 aromatic rings. The standard InChI is InChI=1S/C21H26N6/c1-21(2,3)20-24-17-8-4-7-16(17)19(25-20)27-12-10-26(11-13-27)18-15(14-22)6-5-9-23-18/h5-6,9H,4,7-8,10-13H2,1-3H3. The Hall–Kier alpha value is -2.68. The summed E-state index contributed by atoms with van der Waals surface area (Å²) in [5, 5.41) is 9.35. The van der Waals surface area contributed by atoms with Gasteiger partial charge in [-0.15, -0.1) is 0 Å². The van der Waals surface area contributed by atoms with Crippen LogP contribution in [-0.2, 0) is 18.3 Å². The van der Waals surface area contributed by atoms with Crippen molar-refractivity contribution >= 4 is 11.6 Å². The largest absolute Gasteiger partial charge is 0.353 e. The molecule has 0 amide bonds. The molecule has 2 aromatic heterocycles. The second-order valence-electron chi connectivity index (χ2n) is 8.36. The fraction of sp³-hybridized carbons (Fsp3) is 0.524. The van der Waals surface area contributed by atoms with E-state index < -0.39 is 0 Å². The second kappa shape index (κ2) is 6.80. The Bertz CT molecular complexity index is 885. The molecule has 4 rings (SSSR count). The van der Waals surface area contributed by atoms with Crippen LogP contribution in [0, 0.1) is 11.3 Å². The first kappa shape index (κ1) is 17.7. The minimum Gasteiger partial charge on any atom is -0.353 e. The molecule has 1 aliphatic carbocycles. The van der Waals surface area contributed by atoms with Gasteiger partial charge in [0.05, 0.1) is 5.56 Å². The number of aryl methyl sites for hydroxylation is 1. The zero-order chi connectivity index (χ0) is 19.0. The van der Waals surface area contributed by atoms with Crippen molar-refractivity contribution in [3.05, 3.63) is 41.0 Å². The summed E-state index contributed by atoms with van der Waals surface area (Å²) in [6.45, 7) is 9.98. The summed E-state index contributed by atoms with van der Waals surface area (Å²) in [5.74, 6) is 2.86. The highest BCUT2D eigenvalue weighted by molar-refractivity contribution is 5.56. The van der Waals surface area contributed by atoms with Gasteiger partial charge in [-0.1, -0.05) is 20.8 Å². The van der Waals surface area contributed by atoms with Crippen LogP contribution >= 0.6 is 0 Å². The van der Waals surface area contributed by atoms with Gasteiger partial charge in [-0.3, -0.25) is 0 Å². The van der Waals surface area contributed by atoms with Crippen LogP contribution in [0.3, 0.4) is 0 Å². The third-order valence-corrected chi connectivity index (χ3v) is 5.37. The van der Waals surface area contributed by atoms with E-state index in [1.165, 1.54) is 17.7 Å². The van der Waals surface area contributed by atoms with Gasteiger partial charge in [0.15, 0.2) is 0 Å². The lowest BCUT2D eigenvalue weighted by molar-refractivity contribution is 0.538. The van der Waals surface area contributed by atoms with E-state index in [4.69, 9.17) is 9.97 Å². The lowest BCUT2D eigenvalue weighted by atomic mass is 9.95. The first-order valence-electron chi connectivity index (χ1n) is 9.72. The van der Waals surface area contributed by atoms with Gasteiger partial charge in [-0.2, -0.15) is 5.26 Å². The summed E-state index contributed by atoms with van der Waals surface area (Å²) in [5.41, 5.74) is 3.17. The summed E-state index contributed by atoms with van der Waals surface area (Å²) in [7, 11) is 0. The van der Waals surface area contributed by atoms with Crippen molar-refractivity contribution in [3.63, 3.8) is 0 Å². The predicted molar refractivity (Wildman–Crippen MR) is 106 cm³/mol. The average molecular weight is 362 g/mol. The summed E-state index contributed by atoms with van der Waals surface area (Å²) in [6, 6.07) is 5.91. The molecule has 1 saturated heterocycles. The molecular weight excluding hydrogens is 336 g/mol. The van der Waals surface area contributed by atoms with Crippen molar-refractivity contribution in [2.75, 3.05) is 36.0 Å². The van der Waals surface area contributed by atoms with Crippen LogP contribution in [0.4, 0.5) is 11.6 Å². The van der Waals surface area contributed by atoms with Crippen LogP contribution < -0.4 is 9.80 Å². The van der Waals surface area contributed by atoms with Crippen molar-refractivity contribution in [2.45, 2.75) is 45.4 Å². The van der Waals surface area contributed by atoms with E-state index in [0.717, 1.165) is 56.5 Å². The first-order chi connectivity index (χ1) is 13.0. The van der Waals surface area contributed by atoms with Gasteiger partial charge in [-0.05, 0) is 31.4 Å². The molecule has 6 nitrogen and oxygen atoms in total. The molecule has 0 unspecified atom stereocenters. The van der Waals surface area contributed by atoms with Gasteiger partial charge in [0.2, 0.25) is 0 Å². The molecule has 0 radical (unpaired) electrons. The molecule has 0 aromatic carbocycles. The Kier molecular flexibility index (Phi) is 4.47. The highest BCUT2D eigenvalue weighted by atomic mass is 15.3. The van der Waals surface area contributed by atoms with Gasteiger partial charge in [-0.25, -0.2) is 15.0 Å². The maximum Gasteiger partial charge on any atom is 0.146 e. The maximum absolute atomic E-state index is 9.35. The summed E-state index contributed by atoms with van der Waals surface area (Å²) in [4.78, 5) is 18.9. The van der Waals surface area contributed by atoms with Crippen LogP contribution in [0.15, 0.2) is 18.3 Å². The van der Waals surface area contributed by atoms with Crippen LogP contribution in [0.1, 0.15) is 49.8 Å². The van der Waals surface area contributed by atoms with Gasteiger partial charge < -0.3 is 9.80 Å². The van der Waals surface area contributed by atoms with E-state index in [1.807, 2.05) is 12.1 Å². The van der Waals surface area contributed by atoms with Crippen LogP contribution in [0.2, 0.25) is 0 Å². The number of anilines is 2. The highest BCUT2D eigenvalue weighted by Gasteiger charge is 2.29. The molecule has 0 atom stereocenters. The fourth-order valence-corrected chi connectivity index (χ4v) is 3.88. The minimum absolute atomic E-state index is 0.0517. The van der Waals surface area contributed by atoms with E-state index in [0.29, 0.717) is 5.56 Å². The molecule has 6 heteroatoms. The van der Waals surface area contributed by atoms with Crippen molar-refractivity contribution in [1.82, 2.24) is 15.0 Å². The van der Waals surface area contributed by atoms with E-state index in [1.54, 1.807) is 6.20 Å². The third-order valence-electron chi connectivity index (χ3n) is 5.37. The maximum atomic E-state index is 9.35. The minimum atomic E-state index is -0.0517. The lowest BCUT2D eigenvalue weighted by Crippen LogP contribution is -2.47. The SMILES string of the molecule is CC(C)(C)c1nc2c(c(N3CCN(c4ncccc4C#N)CC3)n1)CCC2. The number of piperazine rings is 1. The monoisotopic (exact) mass is 362 g/mol. The highest BCUT2D eigenvalue weighted by Crippen LogP contribution is 2.32. The smallest absolute Gasteiger partial charge is 0.146 e. The lowest BCUT2D eigenvalue weighted by Gasteiger charge is -2.37. The zero-order valence-electron chi connectivity index (χ0n) is 16.4. The molecule has 0 bridgehead atoms. The Morgan fingerprint density at radius 1 is 1.00 bits per heavy atom. The number of fused-ring (bicyclic) bond motifs is 1. The molecular formula is C21H26N6. The van der Waals surface area contributed by atoms with Crippen LogP contribution in [-0.4, -0.2) is 41.1 Å². The van der Waals surface area contributed by atoms with E-state index in [-0.39, 0.29) is 5.41 Å². The van der Waals surface area contributed by atoms with Gasteiger partial charge in [0, 0.05) is 49.0 Å². The average Bonchev–Trinajstić information content (AvgIpc) is 3.15. The Labute approximate surface area is 160 Å². The Balaban J connectivity index is 1.59. The second-order valence-corrected chi connectivity index (χ2v) is 8.36. The number of aromatic nitrogens is 3. The predicted octanol–water partition coefficient (Wildman–Crippen LogP) is 2.86. The Morgan fingerprint density at radius 3 is 2.37 bits per heavy atom. The molecule has 140 valence electrons. The molecule has 27 heavy (non-hydrogen) atoms. The summed E-state index contributed by atoms with van der Waals surface area (Å²) >= 11 is 0. The van der Waals surface area contributed by atoms with E-state index in [2.05, 4.69) is 41.6 Å².